The fourth-order valence-electron chi connectivity index (χ4n) is 3.20. The molecule has 2 aromatic carbocycles. The van der Waals surface area contributed by atoms with Crippen LogP contribution >= 0.6 is 0 Å². The molecule has 0 amide bonds. The number of fused-ring (bicyclic) bond motifs is 3. The molecule has 0 radical (unpaired) electrons. The van der Waals surface area contributed by atoms with Gasteiger partial charge < -0.3 is 9.88 Å². The Morgan fingerprint density at radius 3 is 2.10 bits per heavy atom. The second-order valence-electron chi connectivity index (χ2n) is 5.83. The van der Waals surface area contributed by atoms with E-state index in [9.17, 15) is 0 Å². The molecule has 21 heavy (non-hydrogen) atoms. The lowest BCUT2D eigenvalue weighted by molar-refractivity contribution is 0.492. The summed E-state index contributed by atoms with van der Waals surface area (Å²) in [7, 11) is 0. The van der Waals surface area contributed by atoms with Crippen LogP contribution in [0.1, 0.15) is 26.7 Å². The average molecular weight is 280 g/mol. The number of benzene rings is 2. The Morgan fingerprint density at radius 1 is 0.952 bits per heavy atom. The van der Waals surface area contributed by atoms with Crippen molar-refractivity contribution in [3.8, 4) is 0 Å². The number of aromatic nitrogens is 1. The van der Waals surface area contributed by atoms with Crippen LogP contribution in [0, 0.1) is 0 Å². The van der Waals surface area contributed by atoms with E-state index in [1.165, 1.54) is 34.6 Å². The van der Waals surface area contributed by atoms with Crippen molar-refractivity contribution in [2.45, 2.75) is 39.3 Å². The molecule has 0 fully saturated rings. The molecule has 1 N–H and O–H groups in total. The van der Waals surface area contributed by atoms with Crippen LogP contribution in [0.3, 0.4) is 0 Å². The van der Waals surface area contributed by atoms with Gasteiger partial charge in [0.1, 0.15) is 0 Å². The Kier molecular flexibility index (Phi) is 4.26. The summed E-state index contributed by atoms with van der Waals surface area (Å²) in [5, 5.41) is 6.34. The zero-order chi connectivity index (χ0) is 14.7. The van der Waals surface area contributed by atoms with E-state index in [0.29, 0.717) is 6.04 Å². The number of rotatable bonds is 6. The summed E-state index contributed by atoms with van der Waals surface area (Å²) in [6.45, 7) is 6.55. The van der Waals surface area contributed by atoms with Crippen LogP contribution in [-0.4, -0.2) is 17.2 Å². The van der Waals surface area contributed by atoms with Gasteiger partial charge in [-0.1, -0.05) is 49.7 Å². The van der Waals surface area contributed by atoms with Gasteiger partial charge in [0.25, 0.3) is 0 Å². The maximum atomic E-state index is 3.63. The standard InChI is InChI=1S/C19H24N2/c1-3-8-15(2)20-13-14-21-18-11-6-4-9-16(18)17-10-5-7-12-19(17)21/h4-7,9-12,15,20H,3,8,13-14H2,1-2H3. The normalized spacial score (nSPS) is 13.0. The average Bonchev–Trinajstić information content (AvgIpc) is 2.83. The van der Waals surface area contributed by atoms with Gasteiger partial charge in [-0.3, -0.25) is 0 Å². The molecule has 0 saturated carbocycles. The van der Waals surface area contributed by atoms with Crippen molar-refractivity contribution in [2.24, 2.45) is 0 Å². The molecule has 1 atom stereocenters. The Balaban J connectivity index is 1.89. The zero-order valence-electron chi connectivity index (χ0n) is 13.0. The van der Waals surface area contributed by atoms with Gasteiger partial charge in [0.05, 0.1) is 0 Å². The van der Waals surface area contributed by atoms with Crippen LogP contribution in [0.4, 0.5) is 0 Å². The summed E-state index contributed by atoms with van der Waals surface area (Å²) in [6.07, 6.45) is 2.48. The first-order chi connectivity index (χ1) is 10.3. The van der Waals surface area contributed by atoms with Gasteiger partial charge in [-0.15, -0.1) is 0 Å². The van der Waals surface area contributed by atoms with E-state index in [4.69, 9.17) is 0 Å². The quantitative estimate of drug-likeness (QED) is 0.699. The highest BCUT2D eigenvalue weighted by Crippen LogP contribution is 2.28. The first-order valence-corrected chi connectivity index (χ1v) is 8.00. The largest absolute Gasteiger partial charge is 0.339 e. The Morgan fingerprint density at radius 2 is 1.52 bits per heavy atom. The second-order valence-corrected chi connectivity index (χ2v) is 5.83. The van der Waals surface area contributed by atoms with Gasteiger partial charge in [-0.25, -0.2) is 0 Å². The third-order valence-corrected chi connectivity index (χ3v) is 4.23. The zero-order valence-corrected chi connectivity index (χ0v) is 13.0. The van der Waals surface area contributed by atoms with E-state index in [1.54, 1.807) is 0 Å². The molecule has 2 nitrogen and oxygen atoms in total. The van der Waals surface area contributed by atoms with Gasteiger partial charge in [0.2, 0.25) is 0 Å². The smallest absolute Gasteiger partial charge is 0.0491 e. The molecule has 0 aliphatic heterocycles. The molecule has 3 rings (SSSR count). The Bertz CT molecular complexity index is 673. The summed E-state index contributed by atoms with van der Waals surface area (Å²) < 4.78 is 2.44. The van der Waals surface area contributed by atoms with Gasteiger partial charge in [0, 0.05) is 40.9 Å². The molecule has 1 unspecified atom stereocenters. The first-order valence-electron chi connectivity index (χ1n) is 8.00. The number of hydrogen-bond acceptors (Lipinski definition) is 1. The van der Waals surface area contributed by atoms with Crippen LogP contribution < -0.4 is 5.32 Å². The number of nitrogens with one attached hydrogen (secondary N) is 1. The summed E-state index contributed by atoms with van der Waals surface area (Å²) in [5.41, 5.74) is 2.67. The van der Waals surface area contributed by atoms with Crippen LogP contribution in [0.2, 0.25) is 0 Å². The van der Waals surface area contributed by atoms with E-state index in [0.717, 1.165) is 13.1 Å². The predicted octanol–water partition coefficient (Wildman–Crippen LogP) is 4.57. The summed E-state index contributed by atoms with van der Waals surface area (Å²) >= 11 is 0. The van der Waals surface area contributed by atoms with E-state index >= 15 is 0 Å². The summed E-state index contributed by atoms with van der Waals surface area (Å²) in [4.78, 5) is 0. The highest BCUT2D eigenvalue weighted by molar-refractivity contribution is 6.07. The molecule has 1 heterocycles. The molecule has 0 aliphatic rings. The van der Waals surface area contributed by atoms with E-state index < -0.39 is 0 Å². The van der Waals surface area contributed by atoms with Crippen molar-refractivity contribution in [3.63, 3.8) is 0 Å². The molecule has 2 heteroatoms. The fourth-order valence-corrected chi connectivity index (χ4v) is 3.20. The Labute approximate surface area is 126 Å². The van der Waals surface area contributed by atoms with Crippen molar-refractivity contribution in [2.75, 3.05) is 6.54 Å². The van der Waals surface area contributed by atoms with Crippen molar-refractivity contribution < 1.29 is 0 Å². The predicted molar refractivity (Wildman–Crippen MR) is 91.8 cm³/mol. The molecule has 3 aromatic rings. The molecule has 0 saturated heterocycles. The van der Waals surface area contributed by atoms with Gasteiger partial charge in [0.15, 0.2) is 0 Å². The Hall–Kier alpha value is -1.80. The van der Waals surface area contributed by atoms with Gasteiger partial charge >= 0.3 is 0 Å². The molecule has 0 aliphatic carbocycles. The van der Waals surface area contributed by atoms with Crippen LogP contribution in [0.5, 0.6) is 0 Å². The second kappa shape index (κ2) is 6.31. The van der Waals surface area contributed by atoms with E-state index in [1.807, 2.05) is 0 Å². The molecule has 110 valence electrons. The highest BCUT2D eigenvalue weighted by atomic mass is 15.0. The third kappa shape index (κ3) is 2.81. The van der Waals surface area contributed by atoms with Crippen molar-refractivity contribution in [1.29, 1.82) is 0 Å². The van der Waals surface area contributed by atoms with Crippen LogP contribution in [-0.2, 0) is 6.54 Å². The highest BCUT2D eigenvalue weighted by Gasteiger charge is 2.09. The topological polar surface area (TPSA) is 17.0 Å². The number of para-hydroxylation sites is 2. The lowest BCUT2D eigenvalue weighted by Crippen LogP contribution is -2.29. The van der Waals surface area contributed by atoms with Crippen LogP contribution in [0.25, 0.3) is 21.8 Å². The lowest BCUT2D eigenvalue weighted by atomic mass is 10.2. The minimum absolute atomic E-state index is 0.600. The summed E-state index contributed by atoms with van der Waals surface area (Å²) in [5.74, 6) is 0. The fraction of sp³-hybridized carbons (Fsp3) is 0.368. The van der Waals surface area contributed by atoms with Crippen molar-refractivity contribution >= 4 is 21.8 Å². The minimum Gasteiger partial charge on any atom is -0.339 e. The minimum atomic E-state index is 0.600. The summed E-state index contributed by atoms with van der Waals surface area (Å²) in [6, 6.07) is 18.0. The lowest BCUT2D eigenvalue weighted by Gasteiger charge is -2.14. The van der Waals surface area contributed by atoms with E-state index in [-0.39, 0.29) is 0 Å². The number of hydrogen-bond donors (Lipinski definition) is 1. The van der Waals surface area contributed by atoms with Crippen LogP contribution in [0.15, 0.2) is 48.5 Å². The van der Waals surface area contributed by atoms with Crippen molar-refractivity contribution in [1.82, 2.24) is 9.88 Å². The van der Waals surface area contributed by atoms with Gasteiger partial charge in [-0.2, -0.15) is 0 Å². The molecule has 1 aromatic heterocycles. The monoisotopic (exact) mass is 280 g/mol. The SMILES string of the molecule is CCCC(C)NCCn1c2ccccc2c2ccccc21. The number of nitrogens with zero attached hydrogens (tertiary/aromatic N) is 1. The third-order valence-electron chi connectivity index (χ3n) is 4.23. The first kappa shape index (κ1) is 14.2. The van der Waals surface area contributed by atoms with Crippen molar-refractivity contribution in [3.05, 3.63) is 48.5 Å². The van der Waals surface area contributed by atoms with E-state index in [2.05, 4.69) is 72.3 Å². The molecular formula is C19H24N2. The molecule has 0 bridgehead atoms. The molecule has 0 spiro atoms. The molecular weight excluding hydrogens is 256 g/mol. The van der Waals surface area contributed by atoms with Gasteiger partial charge in [-0.05, 0) is 25.5 Å². The maximum absolute atomic E-state index is 3.63. The maximum Gasteiger partial charge on any atom is 0.0491 e.